The molecule has 1 aliphatic heterocycles. The van der Waals surface area contributed by atoms with Crippen molar-refractivity contribution in [2.75, 3.05) is 39.4 Å². The molecular weight excluding hydrogens is 412 g/mol. The molecule has 4 rings (SSSR count). The van der Waals surface area contributed by atoms with Gasteiger partial charge in [-0.3, -0.25) is 9.69 Å². The number of aryl methyl sites for hydroxylation is 4. The SMILES string of the molecule is Cc1ccc(C)c(-n2nc(-c3ccc(C)c(C)c3)cc2C(=O)NCCCN2CCOCC2)c1. The lowest BCUT2D eigenvalue weighted by molar-refractivity contribution is 0.0374. The maximum absolute atomic E-state index is 13.2. The molecule has 1 N–H and O–H groups in total. The molecular formula is C27H34N4O2. The van der Waals surface area contributed by atoms with Gasteiger partial charge in [0.15, 0.2) is 0 Å². The number of carbonyl (C=O) groups excluding carboxylic acids is 1. The van der Waals surface area contributed by atoms with Gasteiger partial charge in [0.2, 0.25) is 0 Å². The molecule has 6 heteroatoms. The second kappa shape index (κ2) is 10.3. The Bertz CT molecular complexity index is 1130. The number of morpholine rings is 1. The Morgan fingerprint density at radius 1 is 0.970 bits per heavy atom. The van der Waals surface area contributed by atoms with E-state index in [1.165, 1.54) is 11.1 Å². The highest BCUT2D eigenvalue weighted by molar-refractivity contribution is 5.94. The van der Waals surface area contributed by atoms with Crippen molar-refractivity contribution >= 4 is 5.91 Å². The molecule has 2 aromatic carbocycles. The van der Waals surface area contributed by atoms with Gasteiger partial charge in [0.25, 0.3) is 5.91 Å². The summed E-state index contributed by atoms with van der Waals surface area (Å²) in [6.45, 7) is 13.4. The molecule has 0 saturated carbocycles. The largest absolute Gasteiger partial charge is 0.379 e. The van der Waals surface area contributed by atoms with Crippen molar-refractivity contribution in [3.8, 4) is 16.9 Å². The molecule has 2 heterocycles. The third kappa shape index (κ3) is 5.52. The fourth-order valence-corrected chi connectivity index (χ4v) is 4.14. The van der Waals surface area contributed by atoms with Crippen molar-refractivity contribution < 1.29 is 9.53 Å². The predicted molar refractivity (Wildman–Crippen MR) is 132 cm³/mol. The van der Waals surface area contributed by atoms with Gasteiger partial charge in [0, 0.05) is 25.2 Å². The summed E-state index contributed by atoms with van der Waals surface area (Å²) in [7, 11) is 0. The van der Waals surface area contributed by atoms with Crippen LogP contribution in [0.1, 0.15) is 39.2 Å². The molecule has 0 aliphatic carbocycles. The number of hydrogen-bond donors (Lipinski definition) is 1. The number of aromatic nitrogens is 2. The zero-order valence-electron chi connectivity index (χ0n) is 20.1. The normalized spacial score (nSPS) is 14.4. The standard InChI is InChI=1S/C27H34N4O2/c1-19-6-7-21(3)25(16-19)31-26(18-24(29-31)23-9-8-20(2)22(4)17-23)27(32)28-10-5-11-30-12-14-33-15-13-30/h6-9,16-18H,5,10-15H2,1-4H3,(H,28,32). The number of amides is 1. The quantitative estimate of drug-likeness (QED) is 0.552. The smallest absolute Gasteiger partial charge is 0.270 e. The Kier molecular flexibility index (Phi) is 7.26. The summed E-state index contributed by atoms with van der Waals surface area (Å²) in [5.74, 6) is -0.0968. The minimum absolute atomic E-state index is 0.0968. The summed E-state index contributed by atoms with van der Waals surface area (Å²) < 4.78 is 7.20. The summed E-state index contributed by atoms with van der Waals surface area (Å²) in [6.07, 6.45) is 0.910. The van der Waals surface area contributed by atoms with Crippen LogP contribution >= 0.6 is 0 Å². The summed E-state index contributed by atoms with van der Waals surface area (Å²) in [5.41, 5.74) is 7.98. The third-order valence-corrected chi connectivity index (χ3v) is 6.38. The molecule has 0 atom stereocenters. The van der Waals surface area contributed by atoms with E-state index < -0.39 is 0 Å². The molecule has 33 heavy (non-hydrogen) atoms. The van der Waals surface area contributed by atoms with Crippen LogP contribution in [-0.4, -0.2) is 60.0 Å². The first-order valence-electron chi connectivity index (χ1n) is 11.8. The Morgan fingerprint density at radius 2 is 1.73 bits per heavy atom. The van der Waals surface area contributed by atoms with E-state index in [9.17, 15) is 4.79 Å². The van der Waals surface area contributed by atoms with Crippen molar-refractivity contribution in [3.63, 3.8) is 0 Å². The van der Waals surface area contributed by atoms with E-state index in [0.717, 1.165) is 67.3 Å². The number of benzene rings is 2. The maximum atomic E-state index is 13.2. The van der Waals surface area contributed by atoms with Crippen LogP contribution in [0.15, 0.2) is 42.5 Å². The van der Waals surface area contributed by atoms with Crippen molar-refractivity contribution in [3.05, 3.63) is 70.4 Å². The molecule has 0 bridgehead atoms. The fourth-order valence-electron chi connectivity index (χ4n) is 4.14. The lowest BCUT2D eigenvalue weighted by Gasteiger charge is -2.26. The first kappa shape index (κ1) is 23.2. The summed E-state index contributed by atoms with van der Waals surface area (Å²) in [5, 5.41) is 7.99. The van der Waals surface area contributed by atoms with E-state index in [-0.39, 0.29) is 5.91 Å². The maximum Gasteiger partial charge on any atom is 0.270 e. The van der Waals surface area contributed by atoms with Crippen LogP contribution in [0.5, 0.6) is 0 Å². The second-order valence-corrected chi connectivity index (χ2v) is 8.98. The zero-order valence-corrected chi connectivity index (χ0v) is 20.1. The van der Waals surface area contributed by atoms with Crippen LogP contribution in [0.25, 0.3) is 16.9 Å². The molecule has 1 aliphatic rings. The van der Waals surface area contributed by atoms with Crippen LogP contribution in [-0.2, 0) is 4.74 Å². The van der Waals surface area contributed by atoms with Crippen LogP contribution in [0, 0.1) is 27.7 Å². The molecule has 0 spiro atoms. The van der Waals surface area contributed by atoms with Crippen molar-refractivity contribution in [1.82, 2.24) is 20.0 Å². The fraction of sp³-hybridized carbons (Fsp3) is 0.407. The highest BCUT2D eigenvalue weighted by atomic mass is 16.5. The minimum atomic E-state index is -0.0968. The van der Waals surface area contributed by atoms with Gasteiger partial charge in [0.1, 0.15) is 5.69 Å². The minimum Gasteiger partial charge on any atom is -0.379 e. The van der Waals surface area contributed by atoms with Gasteiger partial charge in [-0.25, -0.2) is 4.68 Å². The van der Waals surface area contributed by atoms with Crippen LogP contribution in [0.4, 0.5) is 0 Å². The molecule has 174 valence electrons. The van der Waals surface area contributed by atoms with Gasteiger partial charge in [-0.1, -0.05) is 24.3 Å². The predicted octanol–water partition coefficient (Wildman–Crippen LogP) is 4.23. The highest BCUT2D eigenvalue weighted by Gasteiger charge is 2.19. The van der Waals surface area contributed by atoms with Gasteiger partial charge >= 0.3 is 0 Å². The molecule has 0 unspecified atom stereocenters. The Labute approximate surface area is 196 Å². The molecule has 1 amide bonds. The van der Waals surface area contributed by atoms with Gasteiger partial charge in [-0.15, -0.1) is 0 Å². The molecule has 3 aromatic rings. The van der Waals surface area contributed by atoms with E-state index in [0.29, 0.717) is 12.2 Å². The van der Waals surface area contributed by atoms with Crippen molar-refractivity contribution in [2.45, 2.75) is 34.1 Å². The highest BCUT2D eigenvalue weighted by Crippen LogP contribution is 2.25. The summed E-state index contributed by atoms with van der Waals surface area (Å²) in [6, 6.07) is 14.5. The van der Waals surface area contributed by atoms with Crippen LogP contribution in [0.2, 0.25) is 0 Å². The lowest BCUT2D eigenvalue weighted by Crippen LogP contribution is -2.38. The number of hydrogen-bond acceptors (Lipinski definition) is 4. The number of nitrogens with one attached hydrogen (secondary N) is 1. The number of carbonyl (C=O) groups is 1. The first-order valence-corrected chi connectivity index (χ1v) is 11.8. The zero-order chi connectivity index (χ0) is 23.4. The van der Waals surface area contributed by atoms with Gasteiger partial charge in [0.05, 0.1) is 24.6 Å². The number of nitrogens with zero attached hydrogens (tertiary/aromatic N) is 3. The average Bonchev–Trinajstić information content (AvgIpc) is 3.26. The van der Waals surface area contributed by atoms with Gasteiger partial charge in [-0.05, 0) is 81.1 Å². The summed E-state index contributed by atoms with van der Waals surface area (Å²) >= 11 is 0. The number of rotatable bonds is 7. The molecule has 1 aromatic heterocycles. The van der Waals surface area contributed by atoms with Crippen molar-refractivity contribution in [2.24, 2.45) is 0 Å². The lowest BCUT2D eigenvalue weighted by atomic mass is 10.0. The van der Waals surface area contributed by atoms with E-state index in [4.69, 9.17) is 9.84 Å². The van der Waals surface area contributed by atoms with E-state index >= 15 is 0 Å². The Hall–Kier alpha value is -2.96. The van der Waals surface area contributed by atoms with E-state index in [1.807, 2.05) is 6.07 Å². The van der Waals surface area contributed by atoms with Crippen LogP contribution in [0.3, 0.4) is 0 Å². The first-order chi connectivity index (χ1) is 15.9. The van der Waals surface area contributed by atoms with Crippen LogP contribution < -0.4 is 5.32 Å². The number of ether oxygens (including phenoxy) is 1. The average molecular weight is 447 g/mol. The Morgan fingerprint density at radius 3 is 2.48 bits per heavy atom. The van der Waals surface area contributed by atoms with Crippen molar-refractivity contribution in [1.29, 1.82) is 0 Å². The van der Waals surface area contributed by atoms with Gasteiger partial charge in [-0.2, -0.15) is 5.10 Å². The summed E-state index contributed by atoms with van der Waals surface area (Å²) in [4.78, 5) is 15.6. The second-order valence-electron chi connectivity index (χ2n) is 8.98. The van der Waals surface area contributed by atoms with E-state index in [1.54, 1.807) is 4.68 Å². The monoisotopic (exact) mass is 446 g/mol. The topological polar surface area (TPSA) is 59.4 Å². The molecule has 1 saturated heterocycles. The van der Waals surface area contributed by atoms with Gasteiger partial charge < -0.3 is 10.1 Å². The molecule has 1 fully saturated rings. The molecule has 6 nitrogen and oxygen atoms in total. The Balaban J connectivity index is 1.58. The molecule has 0 radical (unpaired) electrons. The van der Waals surface area contributed by atoms with E-state index in [2.05, 4.69) is 74.3 Å². The third-order valence-electron chi connectivity index (χ3n) is 6.38.